The van der Waals surface area contributed by atoms with E-state index in [0.29, 0.717) is 0 Å². The highest BCUT2D eigenvalue weighted by Crippen LogP contribution is 1.94. The van der Waals surface area contributed by atoms with Gasteiger partial charge in [0, 0.05) is 0 Å². The van der Waals surface area contributed by atoms with Crippen LogP contribution in [0.2, 0.25) is 0 Å². The highest BCUT2D eigenvalue weighted by atomic mass is 16.5. The standard InChI is InChI=1S/C6H4N2O4/c7-3-11-5(9)1-2-6(10)12-4-8/h1-2H2. The second-order valence-electron chi connectivity index (χ2n) is 1.63. The van der Waals surface area contributed by atoms with E-state index in [2.05, 4.69) is 9.47 Å². The highest BCUT2D eigenvalue weighted by Gasteiger charge is 2.08. The molecule has 0 aliphatic rings. The zero-order valence-electron chi connectivity index (χ0n) is 5.94. The van der Waals surface area contributed by atoms with Gasteiger partial charge in [-0.25, -0.2) is 0 Å². The Balaban J connectivity index is 3.57. The number of nitrogens with zero attached hydrogens (tertiary/aromatic N) is 2. The van der Waals surface area contributed by atoms with Gasteiger partial charge in [-0.2, -0.15) is 0 Å². The van der Waals surface area contributed by atoms with Gasteiger partial charge in [-0.3, -0.25) is 9.59 Å². The van der Waals surface area contributed by atoms with Gasteiger partial charge >= 0.3 is 11.9 Å². The van der Waals surface area contributed by atoms with Gasteiger partial charge < -0.3 is 9.47 Å². The second kappa shape index (κ2) is 5.69. The fourth-order valence-electron chi connectivity index (χ4n) is 0.408. The maximum Gasteiger partial charge on any atom is 0.322 e. The maximum absolute atomic E-state index is 10.4. The van der Waals surface area contributed by atoms with E-state index in [0.717, 1.165) is 12.5 Å². The SMILES string of the molecule is N#COC(=O)CCC(=O)OC#N. The van der Waals surface area contributed by atoms with Crippen LogP contribution in [0, 0.1) is 23.0 Å². The molecule has 0 aromatic carbocycles. The minimum absolute atomic E-state index is 0.270. The van der Waals surface area contributed by atoms with E-state index in [1.807, 2.05) is 0 Å². The third-order valence-electron chi connectivity index (χ3n) is 0.852. The molecule has 6 nitrogen and oxygen atoms in total. The van der Waals surface area contributed by atoms with Crippen molar-refractivity contribution in [3.8, 4) is 12.5 Å². The Morgan fingerprint density at radius 2 is 1.33 bits per heavy atom. The Kier molecular flexibility index (Phi) is 4.70. The summed E-state index contributed by atoms with van der Waals surface area (Å²) in [5.41, 5.74) is 0. The number of carbonyl (C=O) groups is 2. The molecule has 0 aromatic rings. The van der Waals surface area contributed by atoms with Gasteiger partial charge in [0.25, 0.3) is 12.5 Å². The van der Waals surface area contributed by atoms with E-state index >= 15 is 0 Å². The van der Waals surface area contributed by atoms with Crippen LogP contribution in [-0.4, -0.2) is 11.9 Å². The Bertz CT molecular complexity index is 232. The van der Waals surface area contributed by atoms with Crippen LogP contribution in [-0.2, 0) is 19.1 Å². The maximum atomic E-state index is 10.4. The van der Waals surface area contributed by atoms with Crippen LogP contribution in [0.15, 0.2) is 0 Å². The van der Waals surface area contributed by atoms with Crippen molar-refractivity contribution in [2.45, 2.75) is 12.8 Å². The number of hydrogen-bond acceptors (Lipinski definition) is 6. The van der Waals surface area contributed by atoms with Gasteiger partial charge in [-0.05, 0) is 0 Å². The molecule has 0 amide bonds. The first kappa shape index (κ1) is 9.92. The van der Waals surface area contributed by atoms with E-state index in [9.17, 15) is 9.59 Å². The summed E-state index contributed by atoms with van der Waals surface area (Å²) in [6, 6.07) is 0. The quantitative estimate of drug-likeness (QED) is 0.427. The number of carbonyl (C=O) groups excluding carboxylic acids is 2. The molecule has 0 radical (unpaired) electrons. The van der Waals surface area contributed by atoms with Crippen molar-refractivity contribution in [3.05, 3.63) is 0 Å². The topological polar surface area (TPSA) is 100 Å². The summed E-state index contributed by atoms with van der Waals surface area (Å²) in [6.07, 6.45) is 1.77. The summed E-state index contributed by atoms with van der Waals surface area (Å²) in [5, 5.41) is 15.7. The summed E-state index contributed by atoms with van der Waals surface area (Å²) in [6.45, 7) is 0. The lowest BCUT2D eigenvalue weighted by atomic mass is 10.3. The van der Waals surface area contributed by atoms with Crippen molar-refractivity contribution >= 4 is 11.9 Å². The molecule has 0 rings (SSSR count). The molecule has 0 bridgehead atoms. The number of esters is 2. The molecule has 0 atom stereocenters. The van der Waals surface area contributed by atoms with Crippen molar-refractivity contribution in [1.29, 1.82) is 10.5 Å². The third-order valence-corrected chi connectivity index (χ3v) is 0.852. The second-order valence-corrected chi connectivity index (χ2v) is 1.63. The minimum Gasteiger partial charge on any atom is -0.351 e. The van der Waals surface area contributed by atoms with Crippen LogP contribution in [0.4, 0.5) is 0 Å². The van der Waals surface area contributed by atoms with Gasteiger partial charge in [-0.15, -0.1) is 10.5 Å². The van der Waals surface area contributed by atoms with Crippen LogP contribution in [0.3, 0.4) is 0 Å². The largest absolute Gasteiger partial charge is 0.351 e. The van der Waals surface area contributed by atoms with Gasteiger partial charge in [-0.1, -0.05) is 0 Å². The summed E-state index contributed by atoms with van der Waals surface area (Å²) < 4.78 is 7.69. The van der Waals surface area contributed by atoms with Gasteiger partial charge in [0.15, 0.2) is 0 Å². The number of hydrogen-bond donors (Lipinski definition) is 0. The molecule has 0 heterocycles. The first-order valence-corrected chi connectivity index (χ1v) is 2.88. The van der Waals surface area contributed by atoms with Gasteiger partial charge in [0.2, 0.25) is 0 Å². The average molecular weight is 168 g/mol. The van der Waals surface area contributed by atoms with Crippen molar-refractivity contribution in [2.75, 3.05) is 0 Å². The third kappa shape index (κ3) is 4.77. The van der Waals surface area contributed by atoms with Crippen LogP contribution < -0.4 is 0 Å². The van der Waals surface area contributed by atoms with Gasteiger partial charge in [0.1, 0.15) is 0 Å². The normalized spacial score (nSPS) is 7.50. The molecule has 0 aromatic heterocycles. The average Bonchev–Trinajstić information content (AvgIpc) is 2.02. The lowest BCUT2D eigenvalue weighted by Gasteiger charge is -1.92. The predicted molar refractivity (Wildman–Crippen MR) is 32.6 cm³/mol. The molecule has 0 aliphatic carbocycles. The molecule has 0 spiro atoms. The number of ether oxygens (including phenoxy) is 2. The molecule has 6 heteroatoms. The fourth-order valence-corrected chi connectivity index (χ4v) is 0.408. The lowest BCUT2D eigenvalue weighted by Crippen LogP contribution is -2.06. The van der Waals surface area contributed by atoms with Crippen LogP contribution in [0.1, 0.15) is 12.8 Å². The number of rotatable bonds is 3. The first-order valence-electron chi connectivity index (χ1n) is 2.88. The zero-order chi connectivity index (χ0) is 9.40. The van der Waals surface area contributed by atoms with Crippen molar-refractivity contribution < 1.29 is 19.1 Å². The fraction of sp³-hybridized carbons (Fsp3) is 0.333. The summed E-state index contributed by atoms with van der Waals surface area (Å²) >= 11 is 0. The van der Waals surface area contributed by atoms with Crippen LogP contribution in [0.25, 0.3) is 0 Å². The summed E-state index contributed by atoms with van der Waals surface area (Å²) in [7, 11) is 0. The molecule has 0 unspecified atom stereocenters. The Hall–Kier alpha value is -2.08. The molecule has 0 saturated heterocycles. The molecular formula is C6H4N2O4. The molecule has 12 heavy (non-hydrogen) atoms. The summed E-state index contributed by atoms with van der Waals surface area (Å²) in [4.78, 5) is 20.8. The van der Waals surface area contributed by atoms with E-state index in [4.69, 9.17) is 10.5 Å². The Morgan fingerprint density at radius 3 is 1.58 bits per heavy atom. The lowest BCUT2D eigenvalue weighted by molar-refractivity contribution is -0.143. The van der Waals surface area contributed by atoms with E-state index in [1.165, 1.54) is 0 Å². The molecule has 62 valence electrons. The van der Waals surface area contributed by atoms with E-state index in [1.54, 1.807) is 0 Å². The van der Waals surface area contributed by atoms with E-state index < -0.39 is 11.9 Å². The predicted octanol–water partition coefficient (Wildman–Crippen LogP) is -0.185. The van der Waals surface area contributed by atoms with Crippen LogP contribution >= 0.6 is 0 Å². The van der Waals surface area contributed by atoms with Crippen LogP contribution in [0.5, 0.6) is 0 Å². The summed E-state index contributed by atoms with van der Waals surface area (Å²) in [5.74, 6) is -1.65. The Morgan fingerprint density at radius 1 is 1.00 bits per heavy atom. The monoisotopic (exact) mass is 168 g/mol. The minimum atomic E-state index is -0.826. The molecular weight excluding hydrogens is 164 g/mol. The first-order chi connectivity index (χ1) is 5.70. The smallest absolute Gasteiger partial charge is 0.322 e. The van der Waals surface area contributed by atoms with Crippen molar-refractivity contribution in [3.63, 3.8) is 0 Å². The number of nitriles is 2. The molecule has 0 N–H and O–H groups in total. The van der Waals surface area contributed by atoms with Crippen molar-refractivity contribution in [1.82, 2.24) is 0 Å². The van der Waals surface area contributed by atoms with E-state index in [-0.39, 0.29) is 12.8 Å². The van der Waals surface area contributed by atoms with Crippen molar-refractivity contribution in [2.24, 2.45) is 0 Å². The Labute approximate surface area is 67.9 Å². The van der Waals surface area contributed by atoms with Gasteiger partial charge in [0.05, 0.1) is 12.8 Å². The zero-order valence-corrected chi connectivity index (χ0v) is 5.94. The molecule has 0 fully saturated rings. The highest BCUT2D eigenvalue weighted by molar-refractivity contribution is 5.78. The molecule has 0 saturated carbocycles. The molecule has 0 aliphatic heterocycles.